The molecule has 0 spiro atoms. The highest BCUT2D eigenvalue weighted by Gasteiger charge is 2.08. The number of rotatable bonds is 6. The average molecular weight is 373 g/mol. The molecule has 4 heteroatoms. The standard InChI is InChI=1S/C24H23NO3/c1-17(2)19-6-10-21(11-7-19)25-16-18-4-12-23(13-5-18)28-24(26)20-8-14-22(27-3)15-9-20/h4-17H,1-3H3. The van der Waals surface area contributed by atoms with Crippen molar-refractivity contribution in [3.8, 4) is 11.5 Å². The van der Waals surface area contributed by atoms with Crippen LogP contribution in [0.1, 0.15) is 41.3 Å². The summed E-state index contributed by atoms with van der Waals surface area (Å²) in [6.07, 6.45) is 1.79. The highest BCUT2D eigenvalue weighted by molar-refractivity contribution is 5.91. The lowest BCUT2D eigenvalue weighted by Crippen LogP contribution is -2.08. The minimum absolute atomic E-state index is 0.408. The molecule has 0 radical (unpaired) electrons. The van der Waals surface area contributed by atoms with Crippen LogP contribution in [0.5, 0.6) is 11.5 Å². The highest BCUT2D eigenvalue weighted by atomic mass is 16.5. The zero-order valence-corrected chi connectivity index (χ0v) is 16.3. The normalized spacial score (nSPS) is 11.0. The molecule has 28 heavy (non-hydrogen) atoms. The lowest BCUT2D eigenvalue weighted by molar-refractivity contribution is 0.0734. The summed E-state index contributed by atoms with van der Waals surface area (Å²) in [5.41, 5.74) is 3.59. The minimum atomic E-state index is -0.408. The fraction of sp³-hybridized carbons (Fsp3) is 0.167. The summed E-state index contributed by atoms with van der Waals surface area (Å²) in [6.45, 7) is 4.34. The molecule has 0 fully saturated rings. The van der Waals surface area contributed by atoms with Crippen molar-refractivity contribution in [2.75, 3.05) is 7.11 Å². The van der Waals surface area contributed by atoms with Gasteiger partial charge in [-0.2, -0.15) is 0 Å². The first-order valence-corrected chi connectivity index (χ1v) is 9.15. The van der Waals surface area contributed by atoms with Crippen LogP contribution in [0, 0.1) is 0 Å². The lowest BCUT2D eigenvalue weighted by atomic mass is 10.0. The Bertz CT molecular complexity index is 941. The summed E-state index contributed by atoms with van der Waals surface area (Å²) < 4.78 is 10.5. The van der Waals surface area contributed by atoms with Crippen molar-refractivity contribution in [1.82, 2.24) is 0 Å². The Labute approximate surface area is 165 Å². The van der Waals surface area contributed by atoms with Crippen molar-refractivity contribution in [3.63, 3.8) is 0 Å². The van der Waals surface area contributed by atoms with Crippen LogP contribution in [0.2, 0.25) is 0 Å². The Morgan fingerprint density at radius 3 is 2.04 bits per heavy atom. The molecule has 0 aromatic heterocycles. The largest absolute Gasteiger partial charge is 0.497 e. The summed E-state index contributed by atoms with van der Waals surface area (Å²) >= 11 is 0. The minimum Gasteiger partial charge on any atom is -0.497 e. The molecular weight excluding hydrogens is 350 g/mol. The highest BCUT2D eigenvalue weighted by Crippen LogP contribution is 2.20. The fourth-order valence-corrected chi connectivity index (χ4v) is 2.61. The molecule has 0 bridgehead atoms. The number of hydrogen-bond donors (Lipinski definition) is 0. The van der Waals surface area contributed by atoms with Gasteiger partial charge in [0.2, 0.25) is 0 Å². The Hall–Kier alpha value is -3.40. The van der Waals surface area contributed by atoms with Crippen LogP contribution in [0.4, 0.5) is 5.69 Å². The second-order valence-electron chi connectivity index (χ2n) is 6.69. The number of aliphatic imine (C=N–C) groups is 1. The molecule has 4 nitrogen and oxygen atoms in total. The summed E-state index contributed by atoms with van der Waals surface area (Å²) in [4.78, 5) is 16.7. The van der Waals surface area contributed by atoms with E-state index in [4.69, 9.17) is 9.47 Å². The summed E-state index contributed by atoms with van der Waals surface area (Å²) in [5, 5.41) is 0. The molecule has 0 N–H and O–H groups in total. The number of hydrogen-bond acceptors (Lipinski definition) is 4. The van der Waals surface area contributed by atoms with Crippen LogP contribution in [0.15, 0.2) is 77.8 Å². The van der Waals surface area contributed by atoms with E-state index in [2.05, 4.69) is 31.0 Å². The molecule has 3 aromatic rings. The molecule has 0 atom stereocenters. The second-order valence-corrected chi connectivity index (χ2v) is 6.69. The van der Waals surface area contributed by atoms with Gasteiger partial charge in [0.25, 0.3) is 0 Å². The predicted octanol–water partition coefficient (Wildman–Crippen LogP) is 5.79. The van der Waals surface area contributed by atoms with Crippen LogP contribution in [0.25, 0.3) is 0 Å². The quantitative estimate of drug-likeness (QED) is 0.312. The molecule has 3 aromatic carbocycles. The van der Waals surface area contributed by atoms with E-state index in [-0.39, 0.29) is 0 Å². The number of carbonyl (C=O) groups excluding carboxylic acids is 1. The van der Waals surface area contributed by atoms with E-state index in [0.717, 1.165) is 11.3 Å². The summed E-state index contributed by atoms with van der Waals surface area (Å²) in [7, 11) is 1.58. The van der Waals surface area contributed by atoms with Gasteiger partial charge >= 0.3 is 5.97 Å². The van der Waals surface area contributed by atoms with E-state index in [1.165, 1.54) is 5.56 Å². The van der Waals surface area contributed by atoms with Crippen LogP contribution < -0.4 is 9.47 Å². The number of nitrogens with zero attached hydrogens (tertiary/aromatic N) is 1. The number of benzene rings is 3. The third-order valence-corrected chi connectivity index (χ3v) is 4.34. The third-order valence-electron chi connectivity index (χ3n) is 4.34. The Kier molecular flexibility index (Phi) is 6.22. The smallest absolute Gasteiger partial charge is 0.343 e. The predicted molar refractivity (Wildman–Crippen MR) is 112 cm³/mol. The monoisotopic (exact) mass is 373 g/mol. The molecule has 0 saturated carbocycles. The van der Waals surface area contributed by atoms with Crippen molar-refractivity contribution in [1.29, 1.82) is 0 Å². The van der Waals surface area contributed by atoms with Gasteiger partial charge < -0.3 is 9.47 Å². The molecule has 0 unspecified atom stereocenters. The van der Waals surface area contributed by atoms with Crippen molar-refractivity contribution in [3.05, 3.63) is 89.5 Å². The topological polar surface area (TPSA) is 47.9 Å². The van der Waals surface area contributed by atoms with Crippen LogP contribution in [-0.2, 0) is 0 Å². The van der Waals surface area contributed by atoms with Gasteiger partial charge in [-0.05, 0) is 77.7 Å². The van der Waals surface area contributed by atoms with Crippen LogP contribution in [0.3, 0.4) is 0 Å². The Morgan fingerprint density at radius 1 is 0.857 bits per heavy atom. The van der Waals surface area contributed by atoms with Crippen molar-refractivity contribution < 1.29 is 14.3 Å². The number of methoxy groups -OCH3 is 1. The molecule has 142 valence electrons. The zero-order chi connectivity index (χ0) is 19.9. The van der Waals surface area contributed by atoms with Gasteiger partial charge in [0.1, 0.15) is 11.5 Å². The lowest BCUT2D eigenvalue weighted by Gasteiger charge is -2.06. The maximum Gasteiger partial charge on any atom is 0.343 e. The van der Waals surface area contributed by atoms with Gasteiger partial charge in [-0.25, -0.2) is 4.79 Å². The average Bonchev–Trinajstić information content (AvgIpc) is 2.73. The van der Waals surface area contributed by atoms with E-state index in [1.54, 1.807) is 49.7 Å². The van der Waals surface area contributed by atoms with Crippen LogP contribution >= 0.6 is 0 Å². The number of esters is 1. The fourth-order valence-electron chi connectivity index (χ4n) is 2.61. The van der Waals surface area contributed by atoms with Crippen molar-refractivity contribution in [2.45, 2.75) is 19.8 Å². The van der Waals surface area contributed by atoms with Crippen molar-refractivity contribution >= 4 is 17.9 Å². The molecule has 0 aliphatic carbocycles. The Morgan fingerprint density at radius 2 is 1.46 bits per heavy atom. The van der Waals surface area contributed by atoms with E-state index in [0.29, 0.717) is 23.0 Å². The van der Waals surface area contributed by atoms with Crippen LogP contribution in [-0.4, -0.2) is 19.3 Å². The summed E-state index contributed by atoms with van der Waals surface area (Å²) in [6, 6.07) is 22.2. The first kappa shape index (κ1) is 19.4. The Balaban J connectivity index is 1.61. The maximum atomic E-state index is 12.2. The zero-order valence-electron chi connectivity index (χ0n) is 16.3. The molecule has 0 saturated heterocycles. The van der Waals surface area contributed by atoms with Crippen molar-refractivity contribution in [2.24, 2.45) is 4.99 Å². The molecular formula is C24H23NO3. The van der Waals surface area contributed by atoms with Gasteiger partial charge in [0, 0.05) is 6.21 Å². The summed E-state index contributed by atoms with van der Waals surface area (Å²) in [5.74, 6) is 1.28. The second kappa shape index (κ2) is 9.00. The van der Waals surface area contributed by atoms with Gasteiger partial charge in [0.05, 0.1) is 18.4 Å². The number of carbonyl (C=O) groups is 1. The van der Waals surface area contributed by atoms with Gasteiger partial charge in [-0.1, -0.05) is 26.0 Å². The van der Waals surface area contributed by atoms with E-state index < -0.39 is 5.97 Å². The number of ether oxygens (including phenoxy) is 2. The van der Waals surface area contributed by atoms with Gasteiger partial charge in [-0.15, -0.1) is 0 Å². The van der Waals surface area contributed by atoms with E-state index >= 15 is 0 Å². The molecule has 0 heterocycles. The third kappa shape index (κ3) is 5.07. The molecule has 0 aliphatic heterocycles. The first-order chi connectivity index (χ1) is 13.5. The SMILES string of the molecule is COc1ccc(C(=O)Oc2ccc(C=Nc3ccc(C(C)C)cc3)cc2)cc1. The van der Waals surface area contributed by atoms with Gasteiger partial charge in [-0.3, -0.25) is 4.99 Å². The first-order valence-electron chi connectivity index (χ1n) is 9.15. The van der Waals surface area contributed by atoms with E-state index in [1.807, 2.05) is 24.3 Å². The maximum absolute atomic E-state index is 12.2. The molecule has 0 amide bonds. The van der Waals surface area contributed by atoms with E-state index in [9.17, 15) is 4.79 Å². The molecule has 0 aliphatic rings. The van der Waals surface area contributed by atoms with Gasteiger partial charge in [0.15, 0.2) is 0 Å². The molecule has 3 rings (SSSR count).